The van der Waals surface area contributed by atoms with Crippen LogP contribution >= 0.6 is 0 Å². The Kier molecular flexibility index (Phi) is 2.01. The molecule has 1 nitrogen and oxygen atoms in total. The standard InChI is InChI=1S/C13H14FN/c14-8-9-4-3-6-11-10-5-1-2-7-12(10)15-13(9)11/h1-2,5,7,9,15H,3-4,6,8H2. The highest BCUT2D eigenvalue weighted by Crippen LogP contribution is 2.35. The number of halogens is 1. The lowest BCUT2D eigenvalue weighted by molar-refractivity contribution is 0.392. The summed E-state index contributed by atoms with van der Waals surface area (Å²) in [5, 5.41) is 1.28. The van der Waals surface area contributed by atoms with Crippen LogP contribution in [0.1, 0.15) is 30.0 Å². The van der Waals surface area contributed by atoms with Crippen LogP contribution in [-0.4, -0.2) is 11.7 Å². The Morgan fingerprint density at radius 3 is 3.07 bits per heavy atom. The van der Waals surface area contributed by atoms with E-state index in [4.69, 9.17) is 0 Å². The van der Waals surface area contributed by atoms with E-state index in [1.54, 1.807) is 0 Å². The first kappa shape index (κ1) is 8.96. The normalized spacial score (nSPS) is 20.5. The van der Waals surface area contributed by atoms with Crippen LogP contribution in [0.2, 0.25) is 0 Å². The van der Waals surface area contributed by atoms with Crippen molar-refractivity contribution < 1.29 is 4.39 Å². The molecule has 1 aromatic carbocycles. The molecule has 0 saturated carbocycles. The second-order valence-electron chi connectivity index (χ2n) is 4.31. The van der Waals surface area contributed by atoms with Crippen LogP contribution in [0.25, 0.3) is 10.9 Å². The molecule has 1 aliphatic rings. The number of fused-ring (bicyclic) bond motifs is 3. The SMILES string of the molecule is FCC1CCCc2c1[nH]c1ccccc21. The highest BCUT2D eigenvalue weighted by atomic mass is 19.1. The smallest absolute Gasteiger partial charge is 0.0977 e. The molecule has 1 N–H and O–H groups in total. The second-order valence-corrected chi connectivity index (χ2v) is 4.31. The number of alkyl halides is 1. The van der Waals surface area contributed by atoms with E-state index in [-0.39, 0.29) is 12.6 Å². The molecule has 0 saturated heterocycles. The number of nitrogens with one attached hydrogen (secondary N) is 1. The highest BCUT2D eigenvalue weighted by Gasteiger charge is 2.23. The molecule has 0 radical (unpaired) electrons. The van der Waals surface area contributed by atoms with Gasteiger partial charge in [-0.15, -0.1) is 0 Å². The molecule has 1 unspecified atom stereocenters. The van der Waals surface area contributed by atoms with Crippen molar-refractivity contribution in [1.82, 2.24) is 4.98 Å². The van der Waals surface area contributed by atoms with Gasteiger partial charge in [0.2, 0.25) is 0 Å². The van der Waals surface area contributed by atoms with Gasteiger partial charge in [-0.05, 0) is 30.9 Å². The molecule has 0 aliphatic heterocycles. The van der Waals surface area contributed by atoms with Crippen molar-refractivity contribution in [2.75, 3.05) is 6.67 Å². The second kappa shape index (κ2) is 3.37. The fraction of sp³-hybridized carbons (Fsp3) is 0.385. The minimum Gasteiger partial charge on any atom is -0.358 e. The van der Waals surface area contributed by atoms with Crippen molar-refractivity contribution in [3.05, 3.63) is 35.5 Å². The fourth-order valence-electron chi connectivity index (χ4n) is 2.66. The lowest BCUT2D eigenvalue weighted by Crippen LogP contribution is -2.10. The molecular weight excluding hydrogens is 189 g/mol. The Bertz CT molecular complexity index is 486. The average Bonchev–Trinajstić information content (AvgIpc) is 2.67. The lowest BCUT2D eigenvalue weighted by Gasteiger charge is -2.19. The van der Waals surface area contributed by atoms with E-state index in [9.17, 15) is 4.39 Å². The summed E-state index contributed by atoms with van der Waals surface area (Å²) in [5.41, 5.74) is 3.65. The zero-order valence-electron chi connectivity index (χ0n) is 8.59. The summed E-state index contributed by atoms with van der Waals surface area (Å²) in [6.07, 6.45) is 3.19. The predicted molar refractivity (Wildman–Crippen MR) is 60.0 cm³/mol. The van der Waals surface area contributed by atoms with Gasteiger partial charge in [0.25, 0.3) is 0 Å². The quantitative estimate of drug-likeness (QED) is 0.729. The lowest BCUT2D eigenvalue weighted by atomic mass is 9.88. The van der Waals surface area contributed by atoms with Gasteiger partial charge in [0.1, 0.15) is 0 Å². The molecule has 0 bridgehead atoms. The maximum absolute atomic E-state index is 12.9. The number of hydrogen-bond donors (Lipinski definition) is 1. The van der Waals surface area contributed by atoms with Gasteiger partial charge in [-0.25, -0.2) is 0 Å². The molecule has 1 aliphatic carbocycles. The van der Waals surface area contributed by atoms with Crippen LogP contribution in [-0.2, 0) is 6.42 Å². The largest absolute Gasteiger partial charge is 0.358 e. The van der Waals surface area contributed by atoms with Gasteiger partial charge in [0.15, 0.2) is 0 Å². The molecule has 0 amide bonds. The Morgan fingerprint density at radius 2 is 2.20 bits per heavy atom. The number of para-hydroxylation sites is 1. The molecule has 0 spiro atoms. The van der Waals surface area contributed by atoms with E-state index < -0.39 is 0 Å². The Balaban J connectivity index is 2.24. The summed E-state index contributed by atoms with van der Waals surface area (Å²) in [4.78, 5) is 3.38. The minimum atomic E-state index is -0.236. The summed E-state index contributed by atoms with van der Waals surface area (Å²) in [6.45, 7) is -0.236. The summed E-state index contributed by atoms with van der Waals surface area (Å²) in [5.74, 6) is 0.0983. The zero-order valence-corrected chi connectivity index (χ0v) is 8.59. The van der Waals surface area contributed by atoms with Crippen molar-refractivity contribution in [3.63, 3.8) is 0 Å². The topological polar surface area (TPSA) is 15.8 Å². The number of aromatic amines is 1. The maximum atomic E-state index is 12.9. The first-order valence-corrected chi connectivity index (χ1v) is 5.55. The van der Waals surface area contributed by atoms with Gasteiger partial charge in [0.05, 0.1) is 6.67 Å². The van der Waals surface area contributed by atoms with Gasteiger partial charge in [-0.3, -0.25) is 4.39 Å². The number of rotatable bonds is 1. The third-order valence-corrected chi connectivity index (χ3v) is 3.42. The summed E-state index contributed by atoms with van der Waals surface area (Å²) in [6, 6.07) is 8.28. The molecule has 2 heteroatoms. The molecule has 1 heterocycles. The zero-order chi connectivity index (χ0) is 10.3. The van der Waals surface area contributed by atoms with E-state index in [0.29, 0.717) is 0 Å². The number of aromatic nitrogens is 1. The molecule has 0 fully saturated rings. The van der Waals surface area contributed by atoms with Gasteiger partial charge in [-0.1, -0.05) is 18.2 Å². The Hall–Kier alpha value is -1.31. The van der Waals surface area contributed by atoms with Crippen molar-refractivity contribution in [2.45, 2.75) is 25.2 Å². The monoisotopic (exact) mass is 203 g/mol. The third kappa shape index (κ3) is 1.28. The highest BCUT2D eigenvalue weighted by molar-refractivity contribution is 5.85. The summed E-state index contributed by atoms with van der Waals surface area (Å²) in [7, 11) is 0. The molecule has 2 aromatic rings. The van der Waals surface area contributed by atoms with E-state index >= 15 is 0 Å². The average molecular weight is 203 g/mol. The minimum absolute atomic E-state index is 0.0983. The van der Waals surface area contributed by atoms with Crippen LogP contribution in [0.3, 0.4) is 0 Å². The molecular formula is C13H14FN. The molecule has 78 valence electrons. The summed E-state index contributed by atoms with van der Waals surface area (Å²) < 4.78 is 12.9. The third-order valence-electron chi connectivity index (χ3n) is 3.42. The van der Waals surface area contributed by atoms with Crippen LogP contribution in [0, 0.1) is 0 Å². The molecule has 3 rings (SSSR count). The van der Waals surface area contributed by atoms with Gasteiger partial charge < -0.3 is 4.98 Å². The van der Waals surface area contributed by atoms with Crippen molar-refractivity contribution >= 4 is 10.9 Å². The van der Waals surface area contributed by atoms with Crippen molar-refractivity contribution in [3.8, 4) is 0 Å². The van der Waals surface area contributed by atoms with Crippen molar-refractivity contribution in [1.29, 1.82) is 0 Å². The van der Waals surface area contributed by atoms with E-state index in [2.05, 4.69) is 23.2 Å². The predicted octanol–water partition coefficient (Wildman–Crippen LogP) is 3.56. The van der Waals surface area contributed by atoms with E-state index in [0.717, 1.165) is 30.5 Å². The molecule has 1 atom stereocenters. The number of H-pyrrole nitrogens is 1. The fourth-order valence-corrected chi connectivity index (χ4v) is 2.66. The van der Waals surface area contributed by atoms with Crippen LogP contribution in [0.5, 0.6) is 0 Å². The Morgan fingerprint density at radius 1 is 1.33 bits per heavy atom. The van der Waals surface area contributed by atoms with E-state index in [1.165, 1.54) is 10.9 Å². The number of hydrogen-bond acceptors (Lipinski definition) is 0. The first-order valence-electron chi connectivity index (χ1n) is 5.55. The van der Waals surface area contributed by atoms with Gasteiger partial charge in [0, 0.05) is 22.5 Å². The number of benzene rings is 1. The number of aryl methyl sites for hydroxylation is 1. The van der Waals surface area contributed by atoms with E-state index in [1.807, 2.05) is 6.07 Å². The van der Waals surface area contributed by atoms with Crippen LogP contribution in [0.15, 0.2) is 24.3 Å². The maximum Gasteiger partial charge on any atom is 0.0977 e. The van der Waals surface area contributed by atoms with Crippen LogP contribution < -0.4 is 0 Å². The summed E-state index contributed by atoms with van der Waals surface area (Å²) >= 11 is 0. The molecule has 15 heavy (non-hydrogen) atoms. The van der Waals surface area contributed by atoms with Crippen molar-refractivity contribution in [2.24, 2.45) is 0 Å². The van der Waals surface area contributed by atoms with Crippen LogP contribution in [0.4, 0.5) is 4.39 Å². The Labute approximate surface area is 88.3 Å². The first-order chi connectivity index (χ1) is 7.40. The van der Waals surface area contributed by atoms with Gasteiger partial charge >= 0.3 is 0 Å². The molecule has 1 aromatic heterocycles. The van der Waals surface area contributed by atoms with Gasteiger partial charge in [-0.2, -0.15) is 0 Å².